The molecule has 1 aliphatic heterocycles. The summed E-state index contributed by atoms with van der Waals surface area (Å²) in [6.45, 7) is 3.82. The molecular formula is C23H23N3O5S. The van der Waals surface area contributed by atoms with Gasteiger partial charge in [-0.05, 0) is 60.4 Å². The third-order valence-electron chi connectivity index (χ3n) is 5.29. The van der Waals surface area contributed by atoms with Crippen LogP contribution in [-0.2, 0) is 30.2 Å². The van der Waals surface area contributed by atoms with Crippen LogP contribution in [0.25, 0.3) is 11.1 Å². The van der Waals surface area contributed by atoms with Gasteiger partial charge < -0.3 is 4.74 Å². The second-order valence-electron chi connectivity index (χ2n) is 7.33. The van der Waals surface area contributed by atoms with Gasteiger partial charge in [0.2, 0.25) is 5.79 Å². The molecule has 3 aromatic rings. The molecule has 1 aromatic carbocycles. The maximum atomic E-state index is 13.2. The fourth-order valence-electron chi connectivity index (χ4n) is 3.55. The summed E-state index contributed by atoms with van der Waals surface area (Å²) in [4.78, 5) is 21.3. The number of benzene rings is 1. The molecule has 9 heteroatoms. The van der Waals surface area contributed by atoms with Crippen LogP contribution in [0, 0.1) is 0 Å². The number of ether oxygens (including phenoxy) is 1. The average Bonchev–Trinajstić information content (AvgIpc) is 3.36. The molecule has 0 aliphatic carbocycles. The van der Waals surface area contributed by atoms with E-state index in [0.717, 1.165) is 34.0 Å². The Balaban J connectivity index is 1.61. The van der Waals surface area contributed by atoms with Gasteiger partial charge in [0.05, 0.1) is 11.5 Å². The lowest BCUT2D eigenvalue weighted by atomic mass is 10.00. The van der Waals surface area contributed by atoms with Crippen LogP contribution in [0.5, 0.6) is 0 Å². The normalized spacial score (nSPS) is 18.8. The Labute approximate surface area is 186 Å². The summed E-state index contributed by atoms with van der Waals surface area (Å²) in [5.74, 6) is -1.78. The van der Waals surface area contributed by atoms with Gasteiger partial charge in [0.25, 0.3) is 15.9 Å². The summed E-state index contributed by atoms with van der Waals surface area (Å²) in [6, 6.07) is 12.0. The molecule has 1 unspecified atom stereocenters. The number of pyridine rings is 1. The lowest BCUT2D eigenvalue weighted by Crippen LogP contribution is -2.42. The number of nitrogens with zero attached hydrogens (tertiary/aromatic N) is 2. The molecule has 0 radical (unpaired) electrons. The van der Waals surface area contributed by atoms with Gasteiger partial charge in [-0.25, -0.2) is 22.7 Å². The lowest BCUT2D eigenvalue weighted by Gasteiger charge is -2.35. The molecule has 3 heterocycles. The molecule has 166 valence electrons. The zero-order valence-electron chi connectivity index (χ0n) is 17.3. The number of hydroxylamine groups is 1. The number of nitrogens with one attached hydrogen (secondary N) is 1. The highest BCUT2D eigenvalue weighted by Gasteiger charge is 2.39. The summed E-state index contributed by atoms with van der Waals surface area (Å²) in [5, 5.41) is 0. The zero-order chi connectivity index (χ0) is 22.6. The Kier molecular flexibility index (Phi) is 6.22. The molecule has 1 N–H and O–H groups in total. The quantitative estimate of drug-likeness (QED) is 0.435. The minimum Gasteiger partial charge on any atom is -0.344 e. The van der Waals surface area contributed by atoms with Gasteiger partial charge in [0.15, 0.2) is 0 Å². The molecule has 1 amide bonds. The highest BCUT2D eigenvalue weighted by Crippen LogP contribution is 2.36. The number of carbonyl (C=O) groups is 1. The van der Waals surface area contributed by atoms with Crippen molar-refractivity contribution in [2.75, 3.05) is 6.61 Å². The van der Waals surface area contributed by atoms with Crippen LogP contribution in [0.1, 0.15) is 24.8 Å². The highest BCUT2D eigenvalue weighted by atomic mass is 32.2. The molecule has 2 aromatic heterocycles. The summed E-state index contributed by atoms with van der Waals surface area (Å²) < 4.78 is 33.4. The minimum atomic E-state index is -3.83. The zero-order valence-corrected chi connectivity index (χ0v) is 18.1. The first-order valence-electron chi connectivity index (χ1n) is 10.1. The number of amides is 1. The maximum absolute atomic E-state index is 13.2. The van der Waals surface area contributed by atoms with Crippen molar-refractivity contribution in [3.8, 4) is 11.1 Å². The molecule has 32 heavy (non-hydrogen) atoms. The summed E-state index contributed by atoms with van der Waals surface area (Å²) >= 11 is 0. The maximum Gasteiger partial charge on any atom is 0.267 e. The van der Waals surface area contributed by atoms with Gasteiger partial charge >= 0.3 is 0 Å². The number of aromatic nitrogens is 2. The van der Waals surface area contributed by atoms with E-state index in [1.807, 2.05) is 12.1 Å². The Bertz CT molecular complexity index is 1200. The first-order valence-corrected chi connectivity index (χ1v) is 11.6. The largest absolute Gasteiger partial charge is 0.344 e. The van der Waals surface area contributed by atoms with Crippen LogP contribution in [0.4, 0.5) is 0 Å². The monoisotopic (exact) mass is 453 g/mol. The summed E-state index contributed by atoms with van der Waals surface area (Å²) in [6.07, 6.45) is 9.48. The lowest BCUT2D eigenvalue weighted by molar-refractivity contribution is -0.289. The summed E-state index contributed by atoms with van der Waals surface area (Å²) in [5.41, 5.74) is 4.63. The third-order valence-corrected chi connectivity index (χ3v) is 6.94. The van der Waals surface area contributed by atoms with Crippen molar-refractivity contribution < 1.29 is 22.8 Å². The van der Waals surface area contributed by atoms with E-state index in [0.29, 0.717) is 18.6 Å². The second kappa shape index (κ2) is 9.07. The van der Waals surface area contributed by atoms with E-state index in [-0.39, 0.29) is 4.90 Å². The fraction of sp³-hybridized carbons (Fsp3) is 0.217. The molecule has 8 nitrogen and oxygen atoms in total. The van der Waals surface area contributed by atoms with E-state index in [9.17, 15) is 13.2 Å². The first-order chi connectivity index (χ1) is 15.4. The highest BCUT2D eigenvalue weighted by molar-refractivity contribution is 7.90. The molecule has 1 atom stereocenters. The fourth-order valence-corrected chi connectivity index (χ4v) is 4.74. The van der Waals surface area contributed by atoms with Crippen molar-refractivity contribution in [2.45, 2.75) is 29.9 Å². The Morgan fingerprint density at radius 2 is 1.84 bits per heavy atom. The van der Waals surface area contributed by atoms with E-state index in [2.05, 4.69) is 17.0 Å². The number of hydrogen-bond acceptors (Lipinski definition) is 6. The Hall–Kier alpha value is -3.27. The van der Waals surface area contributed by atoms with Crippen LogP contribution >= 0.6 is 0 Å². The average molecular weight is 454 g/mol. The van der Waals surface area contributed by atoms with Gasteiger partial charge in [-0.1, -0.05) is 18.7 Å². The van der Waals surface area contributed by atoms with Crippen LogP contribution in [-0.4, -0.2) is 29.9 Å². The molecule has 1 aliphatic rings. The number of carbonyl (C=O) groups excluding carboxylic acids is 1. The minimum absolute atomic E-state index is 0.150. The van der Waals surface area contributed by atoms with Crippen molar-refractivity contribution in [3.63, 3.8) is 0 Å². The van der Waals surface area contributed by atoms with E-state index in [1.54, 1.807) is 42.7 Å². The number of rotatable bonds is 7. The van der Waals surface area contributed by atoms with Crippen molar-refractivity contribution in [1.82, 2.24) is 14.4 Å². The van der Waals surface area contributed by atoms with E-state index in [1.165, 1.54) is 12.4 Å². The first kappa shape index (κ1) is 21.9. The molecule has 1 fully saturated rings. The predicted molar refractivity (Wildman–Crippen MR) is 118 cm³/mol. The Morgan fingerprint density at radius 3 is 2.50 bits per heavy atom. The number of hydrogen-bond donors (Lipinski definition) is 1. The standard InChI is InChI=1S/C23H23N3O5S/c1-2-22(27)25-31-23(12-3-4-16-30-23)20-11-15-26(17-20)32(28,29)21-7-5-18(6-8-21)19-9-13-24-14-10-19/h2,5-11,13-15,17H,1,3-4,12,16H2,(H,25,27). The molecule has 4 rings (SSSR count). The van der Waals surface area contributed by atoms with Gasteiger partial charge in [-0.15, -0.1) is 0 Å². The van der Waals surface area contributed by atoms with E-state index < -0.39 is 21.7 Å². The SMILES string of the molecule is C=CC(=O)NOC1(c2ccn(S(=O)(=O)c3ccc(-c4ccncc4)cc3)c2)CCCCO1. The molecule has 0 spiro atoms. The Morgan fingerprint density at radius 1 is 1.12 bits per heavy atom. The topological polar surface area (TPSA) is 99.5 Å². The van der Waals surface area contributed by atoms with Gasteiger partial charge in [-0.2, -0.15) is 0 Å². The van der Waals surface area contributed by atoms with E-state index in [4.69, 9.17) is 9.57 Å². The van der Waals surface area contributed by atoms with Gasteiger partial charge in [0.1, 0.15) is 0 Å². The third kappa shape index (κ3) is 4.36. The van der Waals surface area contributed by atoms with Crippen molar-refractivity contribution in [3.05, 3.63) is 85.5 Å². The van der Waals surface area contributed by atoms with Crippen molar-refractivity contribution in [2.24, 2.45) is 0 Å². The van der Waals surface area contributed by atoms with E-state index >= 15 is 0 Å². The van der Waals surface area contributed by atoms with Gasteiger partial charge in [0, 0.05) is 36.8 Å². The molecule has 1 saturated heterocycles. The van der Waals surface area contributed by atoms with Crippen molar-refractivity contribution >= 4 is 15.9 Å². The van der Waals surface area contributed by atoms with Crippen LogP contribution in [0.2, 0.25) is 0 Å². The predicted octanol–water partition coefficient (Wildman–Crippen LogP) is 3.37. The smallest absolute Gasteiger partial charge is 0.267 e. The van der Waals surface area contributed by atoms with Crippen LogP contribution in [0.15, 0.2) is 84.8 Å². The van der Waals surface area contributed by atoms with Crippen LogP contribution < -0.4 is 5.48 Å². The summed E-state index contributed by atoms with van der Waals surface area (Å²) in [7, 11) is -3.83. The molecule has 0 saturated carbocycles. The van der Waals surface area contributed by atoms with Crippen molar-refractivity contribution in [1.29, 1.82) is 0 Å². The molecular weight excluding hydrogens is 430 g/mol. The second-order valence-corrected chi connectivity index (χ2v) is 9.17. The molecule has 0 bridgehead atoms. The van der Waals surface area contributed by atoms with Gasteiger partial charge in [-0.3, -0.25) is 9.78 Å². The van der Waals surface area contributed by atoms with Crippen LogP contribution in [0.3, 0.4) is 0 Å².